The van der Waals surface area contributed by atoms with Gasteiger partial charge in [-0.25, -0.2) is 0 Å². The second-order valence-corrected chi connectivity index (χ2v) is 4.68. The van der Waals surface area contributed by atoms with Crippen molar-refractivity contribution in [2.24, 2.45) is 0 Å². The van der Waals surface area contributed by atoms with Gasteiger partial charge in [-0.3, -0.25) is 0 Å². The van der Waals surface area contributed by atoms with Crippen LogP contribution >= 0.6 is 0 Å². The maximum Gasteiger partial charge on any atom is 0.417 e. The van der Waals surface area contributed by atoms with E-state index in [-0.39, 0.29) is 11.7 Å². The molecule has 1 heterocycles. The Morgan fingerprint density at radius 2 is 1.95 bits per heavy atom. The topological polar surface area (TPSA) is 49.0 Å². The molecular formula is C15H13F3N2O. The van der Waals surface area contributed by atoms with Crippen LogP contribution < -0.4 is 5.32 Å². The van der Waals surface area contributed by atoms with Crippen molar-refractivity contribution in [3.63, 3.8) is 0 Å². The molecule has 21 heavy (non-hydrogen) atoms. The molecule has 110 valence electrons. The second kappa shape index (κ2) is 5.52. The molecular weight excluding hydrogens is 281 g/mol. The summed E-state index contributed by atoms with van der Waals surface area (Å²) in [4.78, 5) is 0. The Bertz CT molecular complexity index is 683. The van der Waals surface area contributed by atoms with Crippen LogP contribution in [0.2, 0.25) is 0 Å². The highest BCUT2D eigenvalue weighted by molar-refractivity contribution is 5.53. The number of alkyl halides is 3. The minimum absolute atomic E-state index is 0.280. The lowest BCUT2D eigenvalue weighted by Crippen LogP contribution is -2.10. The third-order valence-electron chi connectivity index (χ3n) is 3.02. The van der Waals surface area contributed by atoms with Crippen LogP contribution in [-0.2, 0) is 6.18 Å². The zero-order valence-electron chi connectivity index (χ0n) is 11.5. The number of aryl methyl sites for hydroxylation is 1. The van der Waals surface area contributed by atoms with Crippen molar-refractivity contribution in [3.8, 4) is 6.07 Å². The van der Waals surface area contributed by atoms with Crippen molar-refractivity contribution >= 4 is 5.69 Å². The first-order valence-corrected chi connectivity index (χ1v) is 6.25. The number of furan rings is 1. The number of hydrogen-bond acceptors (Lipinski definition) is 3. The van der Waals surface area contributed by atoms with Gasteiger partial charge in [0.2, 0.25) is 0 Å². The van der Waals surface area contributed by atoms with Gasteiger partial charge < -0.3 is 9.73 Å². The van der Waals surface area contributed by atoms with Gasteiger partial charge in [0.15, 0.2) is 0 Å². The lowest BCUT2D eigenvalue weighted by molar-refractivity contribution is -0.137. The molecule has 0 fully saturated rings. The molecule has 1 N–H and O–H groups in total. The fourth-order valence-electron chi connectivity index (χ4n) is 1.97. The Morgan fingerprint density at radius 1 is 1.24 bits per heavy atom. The van der Waals surface area contributed by atoms with Gasteiger partial charge in [0.25, 0.3) is 0 Å². The normalized spacial score (nSPS) is 12.8. The highest BCUT2D eigenvalue weighted by Crippen LogP contribution is 2.34. The molecule has 1 atom stereocenters. The van der Waals surface area contributed by atoms with Crippen molar-refractivity contribution in [2.75, 3.05) is 5.32 Å². The van der Waals surface area contributed by atoms with Gasteiger partial charge in [0, 0.05) is 5.69 Å². The molecule has 2 rings (SSSR count). The van der Waals surface area contributed by atoms with Crippen LogP contribution in [0.4, 0.5) is 18.9 Å². The van der Waals surface area contributed by atoms with E-state index in [0.29, 0.717) is 5.76 Å². The van der Waals surface area contributed by atoms with Crippen molar-refractivity contribution in [3.05, 3.63) is 53.0 Å². The summed E-state index contributed by atoms with van der Waals surface area (Å²) in [5.74, 6) is 1.36. The largest absolute Gasteiger partial charge is 0.464 e. The van der Waals surface area contributed by atoms with Crippen molar-refractivity contribution < 1.29 is 17.6 Å². The molecule has 3 nitrogen and oxygen atoms in total. The average molecular weight is 294 g/mol. The SMILES string of the molecule is Cc1ccc(C(C)Nc2ccc(C#N)c(C(F)(F)F)c2)o1. The zero-order valence-corrected chi connectivity index (χ0v) is 11.5. The summed E-state index contributed by atoms with van der Waals surface area (Å²) < 4.78 is 44.1. The van der Waals surface area contributed by atoms with E-state index in [2.05, 4.69) is 5.32 Å². The number of nitrogens with one attached hydrogen (secondary N) is 1. The molecule has 1 unspecified atom stereocenters. The number of rotatable bonds is 3. The van der Waals surface area contributed by atoms with E-state index < -0.39 is 17.3 Å². The summed E-state index contributed by atoms with van der Waals surface area (Å²) in [6, 6.07) is 8.36. The second-order valence-electron chi connectivity index (χ2n) is 4.68. The number of nitrogens with zero attached hydrogens (tertiary/aromatic N) is 1. The van der Waals surface area contributed by atoms with Gasteiger partial charge in [-0.1, -0.05) is 0 Å². The minimum Gasteiger partial charge on any atom is -0.464 e. The molecule has 0 bridgehead atoms. The predicted molar refractivity (Wildman–Crippen MR) is 71.6 cm³/mol. The van der Waals surface area contributed by atoms with E-state index in [1.807, 2.05) is 0 Å². The molecule has 0 aliphatic carbocycles. The van der Waals surface area contributed by atoms with Crippen LogP contribution in [0.15, 0.2) is 34.7 Å². The summed E-state index contributed by atoms with van der Waals surface area (Å²) >= 11 is 0. The van der Waals surface area contributed by atoms with Gasteiger partial charge >= 0.3 is 6.18 Å². The van der Waals surface area contributed by atoms with E-state index in [4.69, 9.17) is 9.68 Å². The third kappa shape index (κ3) is 3.37. The van der Waals surface area contributed by atoms with Gasteiger partial charge in [-0.15, -0.1) is 0 Å². The van der Waals surface area contributed by atoms with E-state index in [0.717, 1.165) is 17.9 Å². The highest BCUT2D eigenvalue weighted by Gasteiger charge is 2.33. The molecule has 0 aliphatic rings. The molecule has 6 heteroatoms. The van der Waals surface area contributed by atoms with Crippen molar-refractivity contribution in [1.29, 1.82) is 5.26 Å². The number of hydrogen-bond donors (Lipinski definition) is 1. The Kier molecular flexibility index (Phi) is 3.94. The average Bonchev–Trinajstić information content (AvgIpc) is 2.84. The summed E-state index contributed by atoms with van der Waals surface area (Å²) in [5, 5.41) is 11.7. The number of anilines is 1. The van der Waals surface area contributed by atoms with E-state index in [1.54, 1.807) is 32.0 Å². The standard InChI is InChI=1S/C15H13F3N2O/c1-9-3-6-14(21-9)10(2)20-12-5-4-11(8-19)13(7-12)15(16,17)18/h3-7,10,20H,1-2H3. The van der Waals surface area contributed by atoms with Gasteiger partial charge in [-0.2, -0.15) is 18.4 Å². The van der Waals surface area contributed by atoms with Crippen LogP contribution in [0.5, 0.6) is 0 Å². The quantitative estimate of drug-likeness (QED) is 0.896. The summed E-state index contributed by atoms with van der Waals surface area (Å²) in [5.41, 5.74) is -1.06. The summed E-state index contributed by atoms with van der Waals surface area (Å²) in [7, 11) is 0. The Balaban J connectivity index is 2.27. The van der Waals surface area contributed by atoms with Gasteiger partial charge in [-0.05, 0) is 44.2 Å². The smallest absolute Gasteiger partial charge is 0.417 e. The molecule has 0 aliphatic heterocycles. The van der Waals surface area contributed by atoms with Crippen LogP contribution in [0.25, 0.3) is 0 Å². The maximum atomic E-state index is 12.9. The Labute approximate surface area is 120 Å². The number of benzene rings is 1. The fraction of sp³-hybridized carbons (Fsp3) is 0.267. The van der Waals surface area contributed by atoms with Gasteiger partial charge in [0.05, 0.1) is 23.2 Å². The van der Waals surface area contributed by atoms with Gasteiger partial charge in [0.1, 0.15) is 11.5 Å². The van der Waals surface area contributed by atoms with Crippen LogP contribution in [0, 0.1) is 18.3 Å². The van der Waals surface area contributed by atoms with E-state index in [1.165, 1.54) is 6.07 Å². The van der Waals surface area contributed by atoms with Crippen LogP contribution in [0.3, 0.4) is 0 Å². The molecule has 0 amide bonds. The predicted octanol–water partition coefficient (Wildman–Crippen LogP) is 4.65. The third-order valence-corrected chi connectivity index (χ3v) is 3.02. The molecule has 0 spiro atoms. The highest BCUT2D eigenvalue weighted by atomic mass is 19.4. The van der Waals surface area contributed by atoms with E-state index in [9.17, 15) is 13.2 Å². The molecule has 1 aromatic carbocycles. The molecule has 1 aromatic heterocycles. The monoisotopic (exact) mass is 294 g/mol. The van der Waals surface area contributed by atoms with Crippen LogP contribution in [0.1, 0.15) is 35.6 Å². The number of halogens is 3. The Hall–Kier alpha value is -2.42. The zero-order chi connectivity index (χ0) is 15.6. The van der Waals surface area contributed by atoms with Crippen molar-refractivity contribution in [1.82, 2.24) is 0 Å². The first-order valence-electron chi connectivity index (χ1n) is 6.25. The summed E-state index contributed by atoms with van der Waals surface area (Å²) in [6.07, 6.45) is -4.56. The molecule has 2 aromatic rings. The van der Waals surface area contributed by atoms with Crippen molar-refractivity contribution in [2.45, 2.75) is 26.1 Å². The van der Waals surface area contributed by atoms with E-state index >= 15 is 0 Å². The molecule has 0 radical (unpaired) electrons. The lowest BCUT2D eigenvalue weighted by Gasteiger charge is -2.15. The first kappa shape index (κ1) is 15.0. The molecule has 0 saturated carbocycles. The molecule has 0 saturated heterocycles. The fourth-order valence-corrected chi connectivity index (χ4v) is 1.97. The number of nitriles is 1. The minimum atomic E-state index is -4.56. The lowest BCUT2D eigenvalue weighted by atomic mass is 10.1. The summed E-state index contributed by atoms with van der Waals surface area (Å²) in [6.45, 7) is 3.57. The van der Waals surface area contributed by atoms with Crippen LogP contribution in [-0.4, -0.2) is 0 Å². The Morgan fingerprint density at radius 3 is 2.48 bits per heavy atom. The maximum absolute atomic E-state index is 12.9. The first-order chi connectivity index (χ1) is 9.81.